The van der Waals surface area contributed by atoms with E-state index in [0.717, 1.165) is 55.1 Å². The van der Waals surface area contributed by atoms with E-state index in [1.807, 2.05) is 4.90 Å². The number of phenolic OH excluding ortho intramolecular Hbond substituents is 1. The van der Waals surface area contributed by atoms with Gasteiger partial charge in [0.05, 0.1) is 24.7 Å². The molecule has 2 aliphatic heterocycles. The Bertz CT molecular complexity index is 873. The second-order valence-corrected chi connectivity index (χ2v) is 7.76. The van der Waals surface area contributed by atoms with E-state index in [0.29, 0.717) is 13.1 Å². The lowest BCUT2D eigenvalue weighted by Gasteiger charge is -2.50. The van der Waals surface area contributed by atoms with Gasteiger partial charge in [0.15, 0.2) is 0 Å². The number of methoxy groups -OCH3 is 2. The minimum atomic E-state index is -0.386. The van der Waals surface area contributed by atoms with Gasteiger partial charge >= 0.3 is 0 Å². The third-order valence-corrected chi connectivity index (χ3v) is 6.17. The third-order valence-electron chi connectivity index (χ3n) is 6.17. The summed E-state index contributed by atoms with van der Waals surface area (Å²) >= 11 is 0. The van der Waals surface area contributed by atoms with Crippen molar-refractivity contribution >= 4 is 5.91 Å². The van der Waals surface area contributed by atoms with Gasteiger partial charge in [0.1, 0.15) is 18.1 Å². The van der Waals surface area contributed by atoms with Gasteiger partial charge in [-0.05, 0) is 31.0 Å². The molecule has 2 N–H and O–H groups in total. The first-order valence-corrected chi connectivity index (χ1v) is 9.98. The predicted octanol–water partition coefficient (Wildman–Crippen LogP) is 1.65. The number of benzene rings is 1. The van der Waals surface area contributed by atoms with Crippen LogP contribution in [0.2, 0.25) is 0 Å². The number of amides is 1. The Balaban J connectivity index is 1.55. The molecule has 4 rings (SSSR count). The van der Waals surface area contributed by atoms with Crippen molar-refractivity contribution in [2.24, 2.45) is 0 Å². The van der Waals surface area contributed by atoms with Crippen LogP contribution in [-0.2, 0) is 28.0 Å². The number of likely N-dealkylation sites (tertiary alicyclic amines) is 1. The second-order valence-electron chi connectivity index (χ2n) is 7.76. The molecule has 2 aliphatic rings. The Morgan fingerprint density at radius 1 is 1.28 bits per heavy atom. The SMILES string of the molecule is COCC(=O)N1CCc2[nH]cnc2C12CCN(Cc1cc(O)ccc1OC)CC2. The van der Waals surface area contributed by atoms with Gasteiger partial charge in [-0.2, -0.15) is 0 Å². The van der Waals surface area contributed by atoms with Crippen LogP contribution in [0.25, 0.3) is 0 Å². The fourth-order valence-corrected chi connectivity index (χ4v) is 4.76. The Hall–Kier alpha value is -2.58. The number of hydrogen-bond acceptors (Lipinski definition) is 6. The van der Waals surface area contributed by atoms with E-state index in [1.165, 1.54) is 0 Å². The van der Waals surface area contributed by atoms with Gasteiger partial charge in [-0.25, -0.2) is 4.98 Å². The van der Waals surface area contributed by atoms with Crippen LogP contribution in [0.4, 0.5) is 0 Å². The minimum Gasteiger partial charge on any atom is -0.508 e. The number of carbonyl (C=O) groups is 1. The molecule has 1 amide bonds. The van der Waals surface area contributed by atoms with E-state index in [2.05, 4.69) is 14.9 Å². The lowest BCUT2D eigenvalue weighted by Crippen LogP contribution is -2.58. The highest BCUT2D eigenvalue weighted by atomic mass is 16.5. The molecular formula is C21H28N4O4. The van der Waals surface area contributed by atoms with Crippen LogP contribution in [-0.4, -0.2) is 71.2 Å². The number of nitrogens with zero attached hydrogens (tertiary/aromatic N) is 3. The molecule has 0 atom stereocenters. The van der Waals surface area contributed by atoms with Crippen molar-refractivity contribution in [2.45, 2.75) is 31.3 Å². The summed E-state index contributed by atoms with van der Waals surface area (Å²) in [6, 6.07) is 5.18. The van der Waals surface area contributed by atoms with Crippen molar-refractivity contribution in [3.8, 4) is 11.5 Å². The third kappa shape index (κ3) is 3.58. The number of imidazole rings is 1. The van der Waals surface area contributed by atoms with Crippen molar-refractivity contribution < 1.29 is 19.4 Å². The number of ether oxygens (including phenoxy) is 2. The van der Waals surface area contributed by atoms with Crippen molar-refractivity contribution in [2.75, 3.05) is 40.5 Å². The Morgan fingerprint density at radius 3 is 2.79 bits per heavy atom. The van der Waals surface area contributed by atoms with E-state index in [1.54, 1.807) is 38.7 Å². The van der Waals surface area contributed by atoms with Gasteiger partial charge in [0, 0.05) is 51.0 Å². The molecule has 0 saturated carbocycles. The number of H-pyrrole nitrogens is 1. The van der Waals surface area contributed by atoms with Gasteiger partial charge in [-0.15, -0.1) is 0 Å². The highest BCUT2D eigenvalue weighted by Gasteiger charge is 2.48. The maximum atomic E-state index is 12.8. The van der Waals surface area contributed by atoms with Crippen LogP contribution in [0.1, 0.15) is 29.8 Å². The smallest absolute Gasteiger partial charge is 0.249 e. The van der Waals surface area contributed by atoms with Gasteiger partial charge < -0.3 is 24.5 Å². The summed E-state index contributed by atoms with van der Waals surface area (Å²) in [5.74, 6) is 1.02. The van der Waals surface area contributed by atoms with Gasteiger partial charge in [-0.3, -0.25) is 9.69 Å². The summed E-state index contributed by atoms with van der Waals surface area (Å²) in [6.45, 7) is 3.10. The molecule has 0 radical (unpaired) electrons. The number of nitrogens with one attached hydrogen (secondary N) is 1. The van der Waals surface area contributed by atoms with Crippen LogP contribution in [0.3, 0.4) is 0 Å². The predicted molar refractivity (Wildman–Crippen MR) is 107 cm³/mol. The first-order chi connectivity index (χ1) is 14.1. The molecule has 0 aliphatic carbocycles. The van der Waals surface area contributed by atoms with Gasteiger partial charge in [0.25, 0.3) is 0 Å². The maximum Gasteiger partial charge on any atom is 0.249 e. The molecule has 2 aromatic rings. The average Bonchev–Trinajstić information content (AvgIpc) is 3.20. The summed E-state index contributed by atoms with van der Waals surface area (Å²) in [5.41, 5.74) is 2.71. The summed E-state index contributed by atoms with van der Waals surface area (Å²) in [4.78, 5) is 25.0. The number of rotatable bonds is 5. The highest BCUT2D eigenvalue weighted by Crippen LogP contribution is 2.42. The second kappa shape index (κ2) is 8.04. The average molecular weight is 400 g/mol. The van der Waals surface area contributed by atoms with Crippen LogP contribution in [0, 0.1) is 0 Å². The Kier molecular flexibility index (Phi) is 5.47. The van der Waals surface area contributed by atoms with E-state index < -0.39 is 0 Å². The zero-order chi connectivity index (χ0) is 20.4. The van der Waals surface area contributed by atoms with E-state index in [-0.39, 0.29) is 23.8 Å². The topological polar surface area (TPSA) is 90.9 Å². The zero-order valence-corrected chi connectivity index (χ0v) is 17.0. The molecule has 1 fully saturated rings. The molecule has 8 heteroatoms. The Labute approximate surface area is 170 Å². The monoisotopic (exact) mass is 400 g/mol. The van der Waals surface area contributed by atoms with Crippen molar-refractivity contribution in [1.29, 1.82) is 0 Å². The number of piperidine rings is 1. The normalized spacial score (nSPS) is 18.6. The number of aromatic amines is 1. The lowest BCUT2D eigenvalue weighted by molar-refractivity contribution is -0.146. The van der Waals surface area contributed by atoms with Gasteiger partial charge in [-0.1, -0.05) is 0 Å². The molecule has 0 bridgehead atoms. The molecule has 156 valence electrons. The number of aromatic nitrogens is 2. The number of hydrogen-bond donors (Lipinski definition) is 2. The highest BCUT2D eigenvalue weighted by molar-refractivity contribution is 5.79. The molecule has 29 heavy (non-hydrogen) atoms. The van der Waals surface area contributed by atoms with Crippen LogP contribution in [0.15, 0.2) is 24.5 Å². The molecule has 1 saturated heterocycles. The van der Waals surface area contributed by atoms with Crippen molar-refractivity contribution in [3.05, 3.63) is 41.5 Å². The summed E-state index contributed by atoms with van der Waals surface area (Å²) in [6.07, 6.45) is 4.14. The van der Waals surface area contributed by atoms with E-state index in [9.17, 15) is 9.90 Å². The lowest BCUT2D eigenvalue weighted by atomic mass is 9.78. The largest absolute Gasteiger partial charge is 0.508 e. The fraction of sp³-hybridized carbons (Fsp3) is 0.524. The summed E-state index contributed by atoms with van der Waals surface area (Å²) < 4.78 is 10.6. The zero-order valence-electron chi connectivity index (χ0n) is 17.0. The summed E-state index contributed by atoms with van der Waals surface area (Å²) in [7, 11) is 3.20. The molecule has 1 aromatic carbocycles. The quantitative estimate of drug-likeness (QED) is 0.793. The van der Waals surface area contributed by atoms with Crippen LogP contribution >= 0.6 is 0 Å². The number of carbonyl (C=O) groups excluding carboxylic acids is 1. The van der Waals surface area contributed by atoms with Crippen LogP contribution < -0.4 is 4.74 Å². The molecule has 0 unspecified atom stereocenters. The minimum absolute atomic E-state index is 0.0178. The Morgan fingerprint density at radius 2 is 2.07 bits per heavy atom. The van der Waals surface area contributed by atoms with E-state index in [4.69, 9.17) is 9.47 Å². The van der Waals surface area contributed by atoms with Crippen LogP contribution in [0.5, 0.6) is 11.5 Å². The number of aromatic hydroxyl groups is 1. The molecule has 8 nitrogen and oxygen atoms in total. The van der Waals surface area contributed by atoms with Crippen molar-refractivity contribution in [3.63, 3.8) is 0 Å². The molecule has 3 heterocycles. The van der Waals surface area contributed by atoms with Gasteiger partial charge in [0.2, 0.25) is 5.91 Å². The molecular weight excluding hydrogens is 372 g/mol. The van der Waals surface area contributed by atoms with E-state index >= 15 is 0 Å². The first kappa shape index (κ1) is 19.7. The summed E-state index contributed by atoms with van der Waals surface area (Å²) in [5, 5.41) is 9.85. The standard InChI is InChI=1S/C21H28N4O4/c1-28-13-19(27)25-8-5-17-20(23-14-22-17)21(25)6-9-24(10-7-21)12-15-11-16(26)3-4-18(15)29-2/h3-4,11,14,26H,5-10,12-13H2,1-2H3,(H,22,23). The molecule has 1 aromatic heterocycles. The maximum absolute atomic E-state index is 12.8. The number of fused-ring (bicyclic) bond motifs is 2. The number of phenols is 1. The fourth-order valence-electron chi connectivity index (χ4n) is 4.76. The van der Waals surface area contributed by atoms with Crippen molar-refractivity contribution in [1.82, 2.24) is 19.8 Å². The first-order valence-electron chi connectivity index (χ1n) is 9.98. The molecule has 1 spiro atoms.